The fourth-order valence-corrected chi connectivity index (χ4v) is 3.02. The monoisotopic (exact) mass is 289 g/mol. The van der Waals surface area contributed by atoms with Crippen LogP contribution in [0.15, 0.2) is 16.9 Å². The summed E-state index contributed by atoms with van der Waals surface area (Å²) in [5, 5.41) is 3.35. The number of amides is 1. The normalized spacial score (nSPS) is 19.5. The first kappa shape index (κ1) is 14.3. The van der Waals surface area contributed by atoms with E-state index >= 15 is 0 Å². The molecule has 21 heavy (non-hydrogen) atoms. The molecule has 0 spiro atoms. The number of rotatable bonds is 4. The van der Waals surface area contributed by atoms with Gasteiger partial charge in [-0.3, -0.25) is 9.59 Å². The zero-order valence-electron chi connectivity index (χ0n) is 12.5. The van der Waals surface area contributed by atoms with E-state index < -0.39 is 0 Å². The van der Waals surface area contributed by atoms with Gasteiger partial charge in [0, 0.05) is 18.3 Å². The molecule has 5 nitrogen and oxygen atoms in total. The molecule has 0 radical (unpaired) electrons. The van der Waals surface area contributed by atoms with Gasteiger partial charge >= 0.3 is 0 Å². The summed E-state index contributed by atoms with van der Waals surface area (Å²) in [5.41, 5.74) is 0.797. The molecule has 1 aromatic heterocycles. The average molecular weight is 289 g/mol. The second-order valence-electron chi connectivity index (χ2n) is 6.27. The largest absolute Gasteiger partial charge is 0.335 e. The number of piperidine rings is 1. The Morgan fingerprint density at radius 3 is 2.57 bits per heavy atom. The van der Waals surface area contributed by atoms with E-state index in [-0.39, 0.29) is 17.0 Å². The molecule has 2 N–H and O–H groups in total. The number of pyridine rings is 1. The minimum atomic E-state index is -0.268. The molecular formula is C16H23N3O2. The standard InChI is InChI=1S/C16H23N3O2/c1-11-2-5-14(15(20)18-11)16(21)19(13-3-4-13)10-12-6-8-17-9-7-12/h2,5,12-13,17H,3-4,6-10H2,1H3,(H,18,20). The fourth-order valence-electron chi connectivity index (χ4n) is 3.02. The first-order chi connectivity index (χ1) is 10.1. The minimum Gasteiger partial charge on any atom is -0.335 e. The summed E-state index contributed by atoms with van der Waals surface area (Å²) in [7, 11) is 0. The van der Waals surface area contributed by atoms with Gasteiger partial charge in [0.1, 0.15) is 5.56 Å². The molecular weight excluding hydrogens is 266 g/mol. The second-order valence-corrected chi connectivity index (χ2v) is 6.27. The van der Waals surface area contributed by atoms with Crippen LogP contribution in [0.3, 0.4) is 0 Å². The molecule has 0 aromatic carbocycles. The first-order valence-electron chi connectivity index (χ1n) is 7.87. The van der Waals surface area contributed by atoms with Crippen LogP contribution in [-0.2, 0) is 0 Å². The quantitative estimate of drug-likeness (QED) is 0.878. The molecule has 1 aromatic rings. The SMILES string of the molecule is Cc1ccc(C(=O)N(CC2CCNCC2)C2CC2)c(=O)[nH]1. The first-order valence-corrected chi connectivity index (χ1v) is 7.87. The second kappa shape index (κ2) is 6.02. The van der Waals surface area contributed by atoms with Gasteiger partial charge in [0.15, 0.2) is 0 Å². The smallest absolute Gasteiger partial charge is 0.260 e. The molecule has 114 valence electrons. The Hall–Kier alpha value is -1.62. The van der Waals surface area contributed by atoms with Gasteiger partial charge in [-0.25, -0.2) is 0 Å². The van der Waals surface area contributed by atoms with Crippen LogP contribution in [0.25, 0.3) is 0 Å². The number of aromatic nitrogens is 1. The zero-order valence-corrected chi connectivity index (χ0v) is 12.5. The Balaban J connectivity index is 1.76. The van der Waals surface area contributed by atoms with Crippen molar-refractivity contribution >= 4 is 5.91 Å². The van der Waals surface area contributed by atoms with E-state index in [1.54, 1.807) is 12.1 Å². The van der Waals surface area contributed by atoms with E-state index in [4.69, 9.17) is 0 Å². The van der Waals surface area contributed by atoms with Crippen LogP contribution < -0.4 is 10.9 Å². The van der Waals surface area contributed by atoms with Crippen LogP contribution in [0.5, 0.6) is 0 Å². The number of hydrogen-bond acceptors (Lipinski definition) is 3. The van der Waals surface area contributed by atoms with Crippen LogP contribution >= 0.6 is 0 Å². The van der Waals surface area contributed by atoms with Crippen LogP contribution in [0.2, 0.25) is 0 Å². The number of aryl methyl sites for hydroxylation is 1. The number of carbonyl (C=O) groups is 1. The Kier molecular flexibility index (Phi) is 4.10. The van der Waals surface area contributed by atoms with Crippen molar-refractivity contribution in [1.29, 1.82) is 0 Å². The molecule has 0 bridgehead atoms. The van der Waals surface area contributed by atoms with Gasteiger partial charge in [-0.1, -0.05) is 0 Å². The highest BCUT2D eigenvalue weighted by molar-refractivity contribution is 5.94. The van der Waals surface area contributed by atoms with Gasteiger partial charge in [0.25, 0.3) is 11.5 Å². The van der Waals surface area contributed by atoms with E-state index in [1.807, 2.05) is 11.8 Å². The van der Waals surface area contributed by atoms with Crippen LogP contribution in [-0.4, -0.2) is 41.5 Å². The van der Waals surface area contributed by atoms with E-state index in [0.29, 0.717) is 12.0 Å². The van der Waals surface area contributed by atoms with Gasteiger partial charge in [-0.15, -0.1) is 0 Å². The Morgan fingerprint density at radius 1 is 1.24 bits per heavy atom. The average Bonchev–Trinajstić information content (AvgIpc) is 3.30. The van der Waals surface area contributed by atoms with Crippen molar-refractivity contribution in [2.24, 2.45) is 5.92 Å². The van der Waals surface area contributed by atoms with Crippen LogP contribution in [0.1, 0.15) is 41.7 Å². The van der Waals surface area contributed by atoms with Crippen molar-refractivity contribution < 1.29 is 4.79 Å². The predicted octanol–water partition coefficient (Wildman–Crippen LogP) is 1.29. The number of nitrogens with one attached hydrogen (secondary N) is 2. The third-order valence-electron chi connectivity index (χ3n) is 4.45. The van der Waals surface area contributed by atoms with Crippen molar-refractivity contribution in [3.05, 3.63) is 33.7 Å². The summed E-state index contributed by atoms with van der Waals surface area (Å²) in [6, 6.07) is 3.80. The predicted molar refractivity (Wildman–Crippen MR) is 81.5 cm³/mol. The Morgan fingerprint density at radius 2 is 1.95 bits per heavy atom. The van der Waals surface area contributed by atoms with Gasteiger partial charge in [-0.05, 0) is 63.7 Å². The Bertz CT molecular complexity index is 571. The van der Waals surface area contributed by atoms with Gasteiger partial charge in [-0.2, -0.15) is 0 Å². The molecule has 1 saturated heterocycles. The van der Waals surface area contributed by atoms with Gasteiger partial charge in [0.2, 0.25) is 0 Å². The number of nitrogens with zero attached hydrogens (tertiary/aromatic N) is 1. The lowest BCUT2D eigenvalue weighted by molar-refractivity contribution is 0.0700. The highest BCUT2D eigenvalue weighted by Crippen LogP contribution is 2.30. The molecule has 3 rings (SSSR count). The topological polar surface area (TPSA) is 65.2 Å². The van der Waals surface area contributed by atoms with Crippen LogP contribution in [0, 0.1) is 12.8 Å². The summed E-state index contributed by atoms with van der Waals surface area (Å²) < 4.78 is 0. The van der Waals surface area contributed by atoms with Crippen LogP contribution in [0.4, 0.5) is 0 Å². The van der Waals surface area contributed by atoms with E-state index in [0.717, 1.165) is 51.0 Å². The zero-order chi connectivity index (χ0) is 14.8. The highest BCUT2D eigenvalue weighted by atomic mass is 16.2. The Labute approximate surface area is 124 Å². The van der Waals surface area contributed by atoms with Crippen molar-refractivity contribution in [2.45, 2.75) is 38.6 Å². The number of hydrogen-bond donors (Lipinski definition) is 2. The molecule has 0 unspecified atom stereocenters. The molecule has 2 aliphatic rings. The molecule has 1 aliphatic carbocycles. The summed E-state index contributed by atoms with van der Waals surface area (Å²) in [4.78, 5) is 29.4. The van der Waals surface area contributed by atoms with E-state index in [1.165, 1.54) is 0 Å². The highest BCUT2D eigenvalue weighted by Gasteiger charge is 2.35. The molecule has 1 saturated carbocycles. The lowest BCUT2D eigenvalue weighted by Crippen LogP contribution is -2.42. The maximum Gasteiger partial charge on any atom is 0.260 e. The number of aromatic amines is 1. The molecule has 1 aliphatic heterocycles. The molecule has 1 amide bonds. The maximum atomic E-state index is 12.7. The van der Waals surface area contributed by atoms with Gasteiger partial charge < -0.3 is 15.2 Å². The van der Waals surface area contributed by atoms with Crippen molar-refractivity contribution in [1.82, 2.24) is 15.2 Å². The number of carbonyl (C=O) groups excluding carboxylic acids is 1. The van der Waals surface area contributed by atoms with Crippen molar-refractivity contribution in [3.8, 4) is 0 Å². The lowest BCUT2D eigenvalue weighted by atomic mass is 9.97. The maximum absolute atomic E-state index is 12.7. The van der Waals surface area contributed by atoms with E-state index in [2.05, 4.69) is 10.3 Å². The lowest BCUT2D eigenvalue weighted by Gasteiger charge is -2.30. The van der Waals surface area contributed by atoms with Crippen molar-refractivity contribution in [2.75, 3.05) is 19.6 Å². The molecule has 5 heteroatoms. The summed E-state index contributed by atoms with van der Waals surface area (Å²) in [6.45, 7) is 4.67. The number of H-pyrrole nitrogens is 1. The molecule has 0 atom stereocenters. The minimum absolute atomic E-state index is 0.0997. The molecule has 2 fully saturated rings. The fraction of sp³-hybridized carbons (Fsp3) is 0.625. The third kappa shape index (κ3) is 3.35. The summed E-state index contributed by atoms with van der Waals surface area (Å²) in [6.07, 6.45) is 4.36. The van der Waals surface area contributed by atoms with Crippen molar-refractivity contribution in [3.63, 3.8) is 0 Å². The summed E-state index contributed by atoms with van der Waals surface area (Å²) >= 11 is 0. The van der Waals surface area contributed by atoms with E-state index in [9.17, 15) is 9.59 Å². The summed E-state index contributed by atoms with van der Waals surface area (Å²) in [5.74, 6) is 0.456. The van der Waals surface area contributed by atoms with Gasteiger partial charge in [0.05, 0.1) is 0 Å². The third-order valence-corrected chi connectivity index (χ3v) is 4.45. The molecule has 2 heterocycles.